The van der Waals surface area contributed by atoms with E-state index in [9.17, 15) is 26.4 Å². The normalized spacial score (nSPS) is 27.9. The lowest BCUT2D eigenvalue weighted by Crippen LogP contribution is -2.40. The molecule has 0 unspecified atom stereocenters. The number of Topliss-reactive ketones (excluding diaryl/α,β-unsaturated/α-hetero) is 1. The third-order valence-electron chi connectivity index (χ3n) is 8.37. The first-order valence-electron chi connectivity index (χ1n) is 11.9. The number of alkyl halides is 3. The Labute approximate surface area is 203 Å². The van der Waals surface area contributed by atoms with Crippen LogP contribution in [0.4, 0.5) is 13.2 Å². The highest BCUT2D eigenvalue weighted by Crippen LogP contribution is 2.63. The minimum atomic E-state index is -5.69. The summed E-state index contributed by atoms with van der Waals surface area (Å²) in [6, 6.07) is 12.4. The standard InChI is InChI=1S/C27H27F3O4S/c1-16(31)17-3-5-18(6-4-17)24-11-12-25-23-9-7-19-15-20(34-35(32,33)27(28,29)30)8-10-21(19)22(23)13-14-26(24,25)2/h3-6,8,10-11,15,22-23,25H,7,9,12-14H2,1-2H3/t22-,23-,25+,26-/m1/s1. The molecule has 0 spiro atoms. The van der Waals surface area contributed by atoms with Gasteiger partial charge >= 0.3 is 15.6 Å². The molecule has 5 rings (SSSR count). The first kappa shape index (κ1) is 24.1. The summed E-state index contributed by atoms with van der Waals surface area (Å²) in [5, 5.41) is 0. The first-order valence-corrected chi connectivity index (χ1v) is 13.3. The van der Waals surface area contributed by atoms with Gasteiger partial charge in [0.1, 0.15) is 5.75 Å². The maximum absolute atomic E-state index is 12.7. The molecule has 0 amide bonds. The van der Waals surface area contributed by atoms with Gasteiger partial charge in [-0.05, 0) is 96.6 Å². The van der Waals surface area contributed by atoms with E-state index in [0.29, 0.717) is 23.8 Å². The molecule has 0 saturated heterocycles. The lowest BCUT2D eigenvalue weighted by molar-refractivity contribution is -0.0500. The molecule has 2 aromatic carbocycles. The molecule has 35 heavy (non-hydrogen) atoms. The molecule has 0 radical (unpaired) electrons. The van der Waals surface area contributed by atoms with Crippen molar-refractivity contribution in [2.45, 2.75) is 57.4 Å². The lowest BCUT2D eigenvalue weighted by atomic mass is 9.54. The van der Waals surface area contributed by atoms with Crippen LogP contribution in [0.3, 0.4) is 0 Å². The Balaban J connectivity index is 1.38. The van der Waals surface area contributed by atoms with Crippen LogP contribution < -0.4 is 4.18 Å². The second kappa shape index (κ2) is 8.22. The maximum Gasteiger partial charge on any atom is 0.534 e. The summed E-state index contributed by atoms with van der Waals surface area (Å²) in [6.07, 6.45) is 6.83. The SMILES string of the molecule is CC(=O)c1ccc(C2=CC[C@H]3[C@@H]4CCc5cc(OS(=O)(=O)C(F)(F)F)ccc5[C@H]4CC[C@]23C)cc1. The fraction of sp³-hybridized carbons (Fsp3) is 0.444. The van der Waals surface area contributed by atoms with Crippen molar-refractivity contribution in [3.63, 3.8) is 0 Å². The van der Waals surface area contributed by atoms with E-state index < -0.39 is 15.6 Å². The molecule has 1 fully saturated rings. The Bertz CT molecular complexity index is 1310. The predicted octanol–water partition coefficient (Wildman–Crippen LogP) is 6.67. The fourth-order valence-electron chi connectivity index (χ4n) is 6.68. The van der Waals surface area contributed by atoms with Crippen LogP contribution in [0.5, 0.6) is 5.75 Å². The molecule has 0 bridgehead atoms. The summed E-state index contributed by atoms with van der Waals surface area (Å²) in [4.78, 5) is 11.7. The van der Waals surface area contributed by atoms with Crippen molar-refractivity contribution >= 4 is 21.5 Å². The van der Waals surface area contributed by atoms with Crippen molar-refractivity contribution in [2.24, 2.45) is 17.3 Å². The van der Waals surface area contributed by atoms with Gasteiger partial charge in [0.25, 0.3) is 0 Å². The second-order valence-corrected chi connectivity index (χ2v) is 11.7. The Morgan fingerprint density at radius 3 is 2.46 bits per heavy atom. The van der Waals surface area contributed by atoms with Crippen LogP contribution >= 0.6 is 0 Å². The van der Waals surface area contributed by atoms with Gasteiger partial charge in [-0.25, -0.2) is 0 Å². The molecule has 0 heterocycles. The third kappa shape index (κ3) is 3.99. The number of allylic oxidation sites excluding steroid dienone is 2. The number of fused-ring (bicyclic) bond motifs is 5. The number of aryl methyl sites for hydroxylation is 1. The molecular formula is C27H27F3O4S. The van der Waals surface area contributed by atoms with Crippen LogP contribution in [0, 0.1) is 17.3 Å². The molecule has 0 N–H and O–H groups in total. The van der Waals surface area contributed by atoms with Gasteiger partial charge in [0.2, 0.25) is 0 Å². The predicted molar refractivity (Wildman–Crippen MR) is 126 cm³/mol. The molecule has 0 aliphatic heterocycles. The van der Waals surface area contributed by atoms with Gasteiger partial charge in [-0.15, -0.1) is 0 Å². The monoisotopic (exact) mass is 504 g/mol. The Kier molecular flexibility index (Phi) is 5.66. The number of ketones is 1. The van der Waals surface area contributed by atoms with Gasteiger partial charge in [0, 0.05) is 5.56 Å². The van der Waals surface area contributed by atoms with Crippen molar-refractivity contribution in [2.75, 3.05) is 0 Å². The van der Waals surface area contributed by atoms with E-state index in [1.54, 1.807) is 13.0 Å². The molecule has 8 heteroatoms. The molecule has 1 saturated carbocycles. The molecule has 3 aliphatic rings. The van der Waals surface area contributed by atoms with Crippen LogP contribution in [0.1, 0.15) is 72.5 Å². The van der Waals surface area contributed by atoms with E-state index >= 15 is 0 Å². The second-order valence-electron chi connectivity index (χ2n) is 10.2. The molecule has 186 valence electrons. The first-order chi connectivity index (χ1) is 16.4. The number of hydrogen-bond donors (Lipinski definition) is 0. The minimum absolute atomic E-state index is 0.0280. The van der Waals surface area contributed by atoms with Crippen molar-refractivity contribution in [1.29, 1.82) is 0 Å². The van der Waals surface area contributed by atoms with Gasteiger partial charge in [-0.2, -0.15) is 21.6 Å². The van der Waals surface area contributed by atoms with Crippen LogP contribution in [-0.2, 0) is 16.5 Å². The topological polar surface area (TPSA) is 60.4 Å². The summed E-state index contributed by atoms with van der Waals surface area (Å²) in [5.41, 5.74) is -0.268. The van der Waals surface area contributed by atoms with E-state index in [0.717, 1.165) is 42.4 Å². The number of rotatable bonds is 4. The smallest absolute Gasteiger partial charge is 0.376 e. The average molecular weight is 505 g/mol. The van der Waals surface area contributed by atoms with E-state index in [-0.39, 0.29) is 22.9 Å². The van der Waals surface area contributed by atoms with Crippen molar-refractivity contribution in [3.8, 4) is 5.75 Å². The number of carbonyl (C=O) groups is 1. The van der Waals surface area contributed by atoms with Crippen molar-refractivity contribution < 1.29 is 30.6 Å². The molecule has 3 aliphatic carbocycles. The number of halogens is 3. The lowest BCUT2D eigenvalue weighted by Gasteiger charge is -2.50. The van der Waals surface area contributed by atoms with Gasteiger partial charge in [-0.1, -0.05) is 43.3 Å². The number of hydrogen-bond acceptors (Lipinski definition) is 4. The number of benzene rings is 2. The van der Waals surface area contributed by atoms with Crippen LogP contribution in [-0.4, -0.2) is 19.7 Å². The molecule has 0 aromatic heterocycles. The zero-order chi connectivity index (χ0) is 25.2. The van der Waals surface area contributed by atoms with Gasteiger partial charge in [0.05, 0.1) is 0 Å². The average Bonchev–Trinajstić information content (AvgIpc) is 3.15. The number of carbonyl (C=O) groups excluding carboxylic acids is 1. The van der Waals surface area contributed by atoms with E-state index in [2.05, 4.69) is 17.2 Å². The molecule has 4 nitrogen and oxygen atoms in total. The fourth-order valence-corrected chi connectivity index (χ4v) is 7.14. The highest BCUT2D eigenvalue weighted by atomic mass is 32.2. The Morgan fingerprint density at radius 2 is 1.80 bits per heavy atom. The molecule has 4 atom stereocenters. The maximum atomic E-state index is 12.7. The summed E-state index contributed by atoms with van der Waals surface area (Å²) in [7, 11) is -5.69. The summed E-state index contributed by atoms with van der Waals surface area (Å²) >= 11 is 0. The van der Waals surface area contributed by atoms with Crippen LogP contribution in [0.25, 0.3) is 5.57 Å². The zero-order valence-corrected chi connectivity index (χ0v) is 20.4. The van der Waals surface area contributed by atoms with E-state index in [1.807, 2.05) is 24.3 Å². The summed E-state index contributed by atoms with van der Waals surface area (Å²) < 4.78 is 65.3. The van der Waals surface area contributed by atoms with Crippen LogP contribution in [0.15, 0.2) is 48.5 Å². The van der Waals surface area contributed by atoms with E-state index in [1.165, 1.54) is 17.7 Å². The minimum Gasteiger partial charge on any atom is -0.376 e. The van der Waals surface area contributed by atoms with Gasteiger partial charge in [-0.3, -0.25) is 4.79 Å². The Hall–Kier alpha value is -2.61. The van der Waals surface area contributed by atoms with Crippen LogP contribution in [0.2, 0.25) is 0 Å². The Morgan fingerprint density at radius 1 is 1.09 bits per heavy atom. The zero-order valence-electron chi connectivity index (χ0n) is 19.6. The largest absolute Gasteiger partial charge is 0.534 e. The summed E-state index contributed by atoms with van der Waals surface area (Å²) in [5.74, 6) is 0.944. The van der Waals surface area contributed by atoms with E-state index in [4.69, 9.17) is 0 Å². The molecular weight excluding hydrogens is 477 g/mol. The highest BCUT2D eigenvalue weighted by molar-refractivity contribution is 7.88. The quantitative estimate of drug-likeness (QED) is 0.265. The van der Waals surface area contributed by atoms with Crippen molar-refractivity contribution in [3.05, 3.63) is 70.8 Å². The van der Waals surface area contributed by atoms with Gasteiger partial charge in [0.15, 0.2) is 5.78 Å². The third-order valence-corrected chi connectivity index (χ3v) is 9.35. The molecule has 2 aromatic rings. The highest BCUT2D eigenvalue weighted by Gasteiger charge is 2.52. The summed E-state index contributed by atoms with van der Waals surface area (Å²) in [6.45, 7) is 3.90. The van der Waals surface area contributed by atoms with Crippen molar-refractivity contribution in [1.82, 2.24) is 0 Å². The van der Waals surface area contributed by atoms with Gasteiger partial charge < -0.3 is 4.18 Å².